The molecule has 0 aliphatic heterocycles. The molecule has 3 heteroatoms. The molecule has 1 amide bonds. The summed E-state index contributed by atoms with van der Waals surface area (Å²) in [6.45, 7) is 9.06. The molecule has 2 N–H and O–H groups in total. The molecule has 0 spiro atoms. The second-order valence-corrected chi connectivity index (χ2v) is 5.85. The molecular formula is C14H28N2O. The van der Waals surface area contributed by atoms with E-state index < -0.39 is 0 Å². The van der Waals surface area contributed by atoms with E-state index >= 15 is 0 Å². The van der Waals surface area contributed by atoms with Crippen LogP contribution in [0, 0.1) is 11.8 Å². The van der Waals surface area contributed by atoms with Gasteiger partial charge >= 0.3 is 0 Å². The number of hydrogen-bond acceptors (Lipinski definition) is 2. The van der Waals surface area contributed by atoms with E-state index in [0.717, 1.165) is 0 Å². The van der Waals surface area contributed by atoms with Crippen LogP contribution in [0.4, 0.5) is 0 Å². The standard InChI is InChI=1S/C14H28N2O/c1-10(2)12(4)16-14(17)9-15-13-8-6-5-7-11(13)3/h10-13,15H,5-9H2,1-4H3,(H,16,17). The molecule has 1 aliphatic rings. The van der Waals surface area contributed by atoms with Gasteiger partial charge in [-0.05, 0) is 31.6 Å². The average Bonchev–Trinajstić information content (AvgIpc) is 2.27. The number of nitrogens with one attached hydrogen (secondary N) is 2. The molecule has 1 aliphatic carbocycles. The third kappa shape index (κ3) is 5.07. The highest BCUT2D eigenvalue weighted by Crippen LogP contribution is 2.23. The van der Waals surface area contributed by atoms with Crippen LogP contribution in [0.5, 0.6) is 0 Å². The first-order valence-corrected chi connectivity index (χ1v) is 7.03. The molecule has 1 rings (SSSR count). The highest BCUT2D eigenvalue weighted by molar-refractivity contribution is 5.78. The SMILES string of the molecule is CC(C)C(C)NC(=O)CNC1CCCCC1C. The van der Waals surface area contributed by atoms with E-state index in [2.05, 4.69) is 38.3 Å². The third-order valence-electron chi connectivity index (χ3n) is 4.02. The Kier molecular flexibility index (Phi) is 5.96. The third-order valence-corrected chi connectivity index (χ3v) is 4.02. The van der Waals surface area contributed by atoms with Gasteiger partial charge < -0.3 is 10.6 Å². The highest BCUT2D eigenvalue weighted by Gasteiger charge is 2.21. The molecule has 17 heavy (non-hydrogen) atoms. The Morgan fingerprint density at radius 1 is 1.24 bits per heavy atom. The zero-order chi connectivity index (χ0) is 12.8. The Bertz CT molecular complexity index is 240. The van der Waals surface area contributed by atoms with Crippen LogP contribution in [0.15, 0.2) is 0 Å². The molecule has 3 atom stereocenters. The maximum atomic E-state index is 11.7. The van der Waals surface area contributed by atoms with Crippen molar-refractivity contribution in [1.29, 1.82) is 0 Å². The van der Waals surface area contributed by atoms with Crippen LogP contribution in [-0.2, 0) is 4.79 Å². The minimum absolute atomic E-state index is 0.129. The topological polar surface area (TPSA) is 41.1 Å². The lowest BCUT2D eigenvalue weighted by Crippen LogP contribution is -2.46. The van der Waals surface area contributed by atoms with Crippen molar-refractivity contribution >= 4 is 5.91 Å². The summed E-state index contributed by atoms with van der Waals surface area (Å²) >= 11 is 0. The first kappa shape index (κ1) is 14.5. The zero-order valence-electron chi connectivity index (χ0n) is 11.8. The number of amides is 1. The molecule has 0 heterocycles. The first-order chi connectivity index (χ1) is 8.00. The van der Waals surface area contributed by atoms with Gasteiger partial charge in [-0.15, -0.1) is 0 Å². The first-order valence-electron chi connectivity index (χ1n) is 7.03. The predicted octanol–water partition coefficient (Wildman–Crippen LogP) is 2.32. The molecular weight excluding hydrogens is 212 g/mol. The van der Waals surface area contributed by atoms with Gasteiger partial charge in [0.2, 0.25) is 5.91 Å². The Balaban J connectivity index is 2.23. The minimum Gasteiger partial charge on any atom is -0.352 e. The summed E-state index contributed by atoms with van der Waals surface area (Å²) in [5.74, 6) is 1.33. The molecule has 0 bridgehead atoms. The lowest BCUT2D eigenvalue weighted by molar-refractivity contribution is -0.121. The van der Waals surface area contributed by atoms with E-state index in [4.69, 9.17) is 0 Å². The van der Waals surface area contributed by atoms with Gasteiger partial charge in [-0.2, -0.15) is 0 Å². The average molecular weight is 240 g/mol. The van der Waals surface area contributed by atoms with E-state index in [0.29, 0.717) is 24.4 Å². The van der Waals surface area contributed by atoms with Crippen LogP contribution in [0.2, 0.25) is 0 Å². The van der Waals surface area contributed by atoms with Crippen molar-refractivity contribution in [2.45, 2.75) is 65.5 Å². The van der Waals surface area contributed by atoms with Gasteiger partial charge in [0, 0.05) is 12.1 Å². The summed E-state index contributed by atoms with van der Waals surface area (Å²) in [4.78, 5) is 11.7. The van der Waals surface area contributed by atoms with Gasteiger partial charge in [-0.25, -0.2) is 0 Å². The Hall–Kier alpha value is -0.570. The lowest BCUT2D eigenvalue weighted by atomic mass is 9.86. The smallest absolute Gasteiger partial charge is 0.234 e. The summed E-state index contributed by atoms with van der Waals surface area (Å²) in [7, 11) is 0. The largest absolute Gasteiger partial charge is 0.352 e. The van der Waals surface area contributed by atoms with Gasteiger partial charge in [0.1, 0.15) is 0 Å². The van der Waals surface area contributed by atoms with E-state index in [-0.39, 0.29) is 11.9 Å². The van der Waals surface area contributed by atoms with E-state index in [9.17, 15) is 4.79 Å². The van der Waals surface area contributed by atoms with Gasteiger partial charge in [0.25, 0.3) is 0 Å². The van der Waals surface area contributed by atoms with Crippen LogP contribution in [0.3, 0.4) is 0 Å². The zero-order valence-corrected chi connectivity index (χ0v) is 11.8. The van der Waals surface area contributed by atoms with Crippen molar-refractivity contribution in [2.24, 2.45) is 11.8 Å². The number of carbonyl (C=O) groups is 1. The van der Waals surface area contributed by atoms with Gasteiger partial charge in [0.05, 0.1) is 6.54 Å². The Morgan fingerprint density at radius 3 is 2.47 bits per heavy atom. The summed E-state index contributed by atoms with van der Waals surface area (Å²) in [5.41, 5.74) is 0. The number of carbonyl (C=O) groups excluding carboxylic acids is 1. The molecule has 0 aromatic heterocycles. The van der Waals surface area contributed by atoms with Crippen LogP contribution in [-0.4, -0.2) is 24.5 Å². The van der Waals surface area contributed by atoms with Crippen LogP contribution < -0.4 is 10.6 Å². The van der Waals surface area contributed by atoms with E-state index in [1.807, 2.05) is 0 Å². The molecule has 0 saturated heterocycles. The molecule has 3 unspecified atom stereocenters. The van der Waals surface area contributed by atoms with Crippen LogP contribution >= 0.6 is 0 Å². The molecule has 0 aromatic carbocycles. The number of rotatable bonds is 5. The van der Waals surface area contributed by atoms with Crippen molar-refractivity contribution in [3.8, 4) is 0 Å². The molecule has 1 fully saturated rings. The minimum atomic E-state index is 0.129. The summed E-state index contributed by atoms with van der Waals surface area (Å²) in [6, 6.07) is 0.789. The summed E-state index contributed by atoms with van der Waals surface area (Å²) in [6.07, 6.45) is 5.15. The van der Waals surface area contributed by atoms with Crippen molar-refractivity contribution in [3.05, 3.63) is 0 Å². The fraction of sp³-hybridized carbons (Fsp3) is 0.929. The Labute approximate surface area is 106 Å². The second kappa shape index (κ2) is 7.00. The van der Waals surface area contributed by atoms with E-state index in [1.54, 1.807) is 0 Å². The maximum absolute atomic E-state index is 11.7. The quantitative estimate of drug-likeness (QED) is 0.774. The molecule has 100 valence electrons. The van der Waals surface area contributed by atoms with E-state index in [1.165, 1.54) is 25.7 Å². The monoisotopic (exact) mass is 240 g/mol. The molecule has 3 nitrogen and oxygen atoms in total. The number of hydrogen-bond donors (Lipinski definition) is 2. The van der Waals surface area contributed by atoms with Gasteiger partial charge in [0.15, 0.2) is 0 Å². The fourth-order valence-corrected chi connectivity index (χ4v) is 2.31. The van der Waals surface area contributed by atoms with Gasteiger partial charge in [-0.3, -0.25) is 4.79 Å². The molecule has 0 radical (unpaired) electrons. The second-order valence-electron chi connectivity index (χ2n) is 5.85. The normalized spacial score (nSPS) is 26.9. The summed E-state index contributed by atoms with van der Waals surface area (Å²) in [5, 5.41) is 6.44. The highest BCUT2D eigenvalue weighted by atomic mass is 16.1. The maximum Gasteiger partial charge on any atom is 0.234 e. The van der Waals surface area contributed by atoms with Crippen LogP contribution in [0.1, 0.15) is 53.4 Å². The Morgan fingerprint density at radius 2 is 1.88 bits per heavy atom. The fourth-order valence-electron chi connectivity index (χ4n) is 2.31. The van der Waals surface area contributed by atoms with Crippen molar-refractivity contribution in [2.75, 3.05) is 6.54 Å². The van der Waals surface area contributed by atoms with Crippen molar-refractivity contribution in [1.82, 2.24) is 10.6 Å². The molecule has 1 saturated carbocycles. The lowest BCUT2D eigenvalue weighted by Gasteiger charge is -2.29. The van der Waals surface area contributed by atoms with Crippen molar-refractivity contribution < 1.29 is 4.79 Å². The van der Waals surface area contributed by atoms with Gasteiger partial charge in [-0.1, -0.05) is 33.6 Å². The van der Waals surface area contributed by atoms with Crippen LogP contribution in [0.25, 0.3) is 0 Å². The van der Waals surface area contributed by atoms with Crippen molar-refractivity contribution in [3.63, 3.8) is 0 Å². The predicted molar refractivity (Wildman–Crippen MR) is 71.9 cm³/mol. The molecule has 0 aromatic rings. The summed E-state index contributed by atoms with van der Waals surface area (Å²) < 4.78 is 0.